The molecular weight excluding hydrogens is 206 g/mol. The standard InChI is InChI=1S/C12H15NO3/c14-9-5-10(8-1-2-13-7-8)12-11(6-9)15-3-4-16-12/h5-6,8,13-14H,1-4,7H2. The van der Waals surface area contributed by atoms with Gasteiger partial charge in [0.15, 0.2) is 11.5 Å². The monoisotopic (exact) mass is 221 g/mol. The van der Waals surface area contributed by atoms with Crippen LogP contribution in [-0.4, -0.2) is 31.4 Å². The first-order valence-electron chi connectivity index (χ1n) is 5.68. The van der Waals surface area contributed by atoms with Gasteiger partial charge in [0.1, 0.15) is 19.0 Å². The molecule has 0 saturated carbocycles. The fourth-order valence-electron chi connectivity index (χ4n) is 2.39. The number of rotatable bonds is 1. The van der Waals surface area contributed by atoms with Gasteiger partial charge in [-0.3, -0.25) is 0 Å². The van der Waals surface area contributed by atoms with Gasteiger partial charge in [-0.05, 0) is 19.0 Å². The Kier molecular flexibility index (Phi) is 2.36. The summed E-state index contributed by atoms with van der Waals surface area (Å²) in [6, 6.07) is 3.42. The van der Waals surface area contributed by atoms with Crippen molar-refractivity contribution in [3.05, 3.63) is 17.7 Å². The van der Waals surface area contributed by atoms with Crippen LogP contribution < -0.4 is 14.8 Å². The molecule has 86 valence electrons. The fourth-order valence-corrected chi connectivity index (χ4v) is 2.39. The topological polar surface area (TPSA) is 50.7 Å². The Morgan fingerprint density at radius 3 is 2.94 bits per heavy atom. The highest BCUT2D eigenvalue weighted by molar-refractivity contribution is 5.53. The first-order chi connectivity index (χ1) is 7.84. The summed E-state index contributed by atoms with van der Waals surface area (Å²) in [5.41, 5.74) is 1.07. The smallest absolute Gasteiger partial charge is 0.165 e. The van der Waals surface area contributed by atoms with Crippen molar-refractivity contribution in [2.75, 3.05) is 26.3 Å². The van der Waals surface area contributed by atoms with E-state index in [0.717, 1.165) is 30.8 Å². The highest BCUT2D eigenvalue weighted by atomic mass is 16.6. The Bertz CT molecular complexity index is 399. The van der Waals surface area contributed by atoms with Gasteiger partial charge in [0.2, 0.25) is 0 Å². The number of nitrogens with one attached hydrogen (secondary N) is 1. The Hall–Kier alpha value is -1.42. The minimum Gasteiger partial charge on any atom is -0.508 e. The molecule has 1 fully saturated rings. The van der Waals surface area contributed by atoms with Gasteiger partial charge in [-0.2, -0.15) is 0 Å². The predicted octanol–water partition coefficient (Wildman–Crippen LogP) is 1.24. The summed E-state index contributed by atoms with van der Waals surface area (Å²) in [6.07, 6.45) is 1.08. The normalized spacial score (nSPS) is 23.4. The van der Waals surface area contributed by atoms with Crippen molar-refractivity contribution in [1.82, 2.24) is 5.32 Å². The summed E-state index contributed by atoms with van der Waals surface area (Å²) in [6.45, 7) is 3.11. The first-order valence-corrected chi connectivity index (χ1v) is 5.68. The van der Waals surface area contributed by atoms with Crippen LogP contribution in [-0.2, 0) is 0 Å². The third-order valence-corrected chi connectivity index (χ3v) is 3.16. The zero-order valence-corrected chi connectivity index (χ0v) is 9.03. The van der Waals surface area contributed by atoms with Crippen molar-refractivity contribution < 1.29 is 14.6 Å². The minimum atomic E-state index is 0.256. The van der Waals surface area contributed by atoms with Gasteiger partial charge in [-0.15, -0.1) is 0 Å². The van der Waals surface area contributed by atoms with Crippen molar-refractivity contribution in [1.29, 1.82) is 0 Å². The van der Waals surface area contributed by atoms with E-state index < -0.39 is 0 Å². The zero-order valence-electron chi connectivity index (χ0n) is 9.03. The molecule has 1 aromatic carbocycles. The van der Waals surface area contributed by atoms with E-state index in [0.29, 0.717) is 24.9 Å². The highest BCUT2D eigenvalue weighted by Gasteiger charge is 2.25. The van der Waals surface area contributed by atoms with E-state index in [-0.39, 0.29) is 5.75 Å². The average Bonchev–Trinajstić information content (AvgIpc) is 2.81. The molecule has 1 aromatic rings. The van der Waals surface area contributed by atoms with Crippen LogP contribution in [0, 0.1) is 0 Å². The Balaban J connectivity index is 2.04. The SMILES string of the molecule is Oc1cc2c(c(C3CCNC3)c1)OCCO2. The molecule has 2 aliphatic rings. The number of phenols is 1. The molecule has 16 heavy (non-hydrogen) atoms. The van der Waals surface area contributed by atoms with Gasteiger partial charge < -0.3 is 19.9 Å². The van der Waals surface area contributed by atoms with Crippen molar-refractivity contribution in [3.8, 4) is 17.2 Å². The molecule has 4 nitrogen and oxygen atoms in total. The lowest BCUT2D eigenvalue weighted by Crippen LogP contribution is -2.18. The third kappa shape index (κ3) is 1.59. The number of ether oxygens (including phenoxy) is 2. The number of aromatic hydroxyl groups is 1. The molecule has 2 N–H and O–H groups in total. The Morgan fingerprint density at radius 2 is 2.12 bits per heavy atom. The van der Waals surface area contributed by atoms with Crippen LogP contribution in [0.15, 0.2) is 12.1 Å². The molecule has 1 atom stereocenters. The molecule has 0 radical (unpaired) electrons. The number of fused-ring (bicyclic) bond motifs is 1. The second kappa shape index (κ2) is 3.87. The second-order valence-corrected chi connectivity index (χ2v) is 4.25. The molecule has 4 heteroatoms. The van der Waals surface area contributed by atoms with Gasteiger partial charge in [0.25, 0.3) is 0 Å². The lowest BCUT2D eigenvalue weighted by Gasteiger charge is -2.23. The quantitative estimate of drug-likeness (QED) is 0.749. The summed E-state index contributed by atoms with van der Waals surface area (Å²) in [5, 5.41) is 13.0. The molecule has 2 heterocycles. The maximum atomic E-state index is 9.67. The van der Waals surface area contributed by atoms with Crippen LogP contribution in [0.2, 0.25) is 0 Å². The van der Waals surface area contributed by atoms with Gasteiger partial charge >= 0.3 is 0 Å². The van der Waals surface area contributed by atoms with E-state index in [4.69, 9.17) is 9.47 Å². The van der Waals surface area contributed by atoms with Crippen molar-refractivity contribution in [2.24, 2.45) is 0 Å². The van der Waals surface area contributed by atoms with E-state index in [1.165, 1.54) is 0 Å². The van der Waals surface area contributed by atoms with Crippen LogP contribution >= 0.6 is 0 Å². The summed E-state index contributed by atoms with van der Waals surface area (Å²) < 4.78 is 11.2. The molecule has 1 unspecified atom stereocenters. The van der Waals surface area contributed by atoms with Crippen molar-refractivity contribution >= 4 is 0 Å². The van der Waals surface area contributed by atoms with Crippen LogP contribution in [0.4, 0.5) is 0 Å². The molecule has 0 aliphatic carbocycles. The number of phenolic OH excluding ortho intramolecular Hbond substituents is 1. The third-order valence-electron chi connectivity index (χ3n) is 3.16. The van der Waals surface area contributed by atoms with Crippen LogP contribution in [0.5, 0.6) is 17.2 Å². The number of benzene rings is 1. The van der Waals surface area contributed by atoms with Crippen LogP contribution in [0.3, 0.4) is 0 Å². The molecule has 1 saturated heterocycles. The first kappa shape index (κ1) is 9.78. The summed E-state index contributed by atoms with van der Waals surface area (Å²) in [4.78, 5) is 0. The number of hydrogen-bond acceptors (Lipinski definition) is 4. The van der Waals surface area contributed by atoms with E-state index in [1.54, 1.807) is 12.1 Å². The van der Waals surface area contributed by atoms with Crippen LogP contribution in [0.1, 0.15) is 17.9 Å². The maximum Gasteiger partial charge on any atom is 0.165 e. The van der Waals surface area contributed by atoms with E-state index in [1.807, 2.05) is 0 Å². The maximum absolute atomic E-state index is 9.67. The minimum absolute atomic E-state index is 0.256. The van der Waals surface area contributed by atoms with Crippen LogP contribution in [0.25, 0.3) is 0 Å². The summed E-state index contributed by atoms with van der Waals surface area (Å²) >= 11 is 0. The average molecular weight is 221 g/mol. The van der Waals surface area contributed by atoms with E-state index >= 15 is 0 Å². The Labute approximate surface area is 94.2 Å². The van der Waals surface area contributed by atoms with E-state index in [9.17, 15) is 5.11 Å². The molecule has 0 spiro atoms. The van der Waals surface area contributed by atoms with Gasteiger partial charge in [0.05, 0.1) is 0 Å². The molecule has 2 aliphatic heterocycles. The van der Waals surface area contributed by atoms with E-state index in [2.05, 4.69) is 5.32 Å². The lowest BCUT2D eigenvalue weighted by atomic mass is 9.96. The molecule has 3 rings (SSSR count). The van der Waals surface area contributed by atoms with Crippen molar-refractivity contribution in [2.45, 2.75) is 12.3 Å². The lowest BCUT2D eigenvalue weighted by molar-refractivity contribution is 0.168. The second-order valence-electron chi connectivity index (χ2n) is 4.25. The zero-order chi connectivity index (χ0) is 11.0. The predicted molar refractivity (Wildman–Crippen MR) is 59.3 cm³/mol. The van der Waals surface area contributed by atoms with Crippen molar-refractivity contribution in [3.63, 3.8) is 0 Å². The summed E-state index contributed by atoms with van der Waals surface area (Å²) in [7, 11) is 0. The largest absolute Gasteiger partial charge is 0.508 e. The fraction of sp³-hybridized carbons (Fsp3) is 0.500. The molecular formula is C12H15NO3. The van der Waals surface area contributed by atoms with Gasteiger partial charge in [0, 0.05) is 24.1 Å². The highest BCUT2D eigenvalue weighted by Crippen LogP contribution is 2.42. The van der Waals surface area contributed by atoms with Gasteiger partial charge in [-0.1, -0.05) is 0 Å². The molecule has 0 bridgehead atoms. The van der Waals surface area contributed by atoms with Gasteiger partial charge in [-0.25, -0.2) is 0 Å². The molecule has 0 amide bonds. The summed E-state index contributed by atoms with van der Waals surface area (Å²) in [5.74, 6) is 2.17. The molecule has 0 aromatic heterocycles. The Morgan fingerprint density at radius 1 is 1.25 bits per heavy atom. The number of hydrogen-bond donors (Lipinski definition) is 2.